The van der Waals surface area contributed by atoms with E-state index in [0.717, 1.165) is 5.56 Å². The van der Waals surface area contributed by atoms with Crippen LogP contribution in [0.1, 0.15) is 44.1 Å². The van der Waals surface area contributed by atoms with E-state index in [0.29, 0.717) is 5.69 Å². The van der Waals surface area contributed by atoms with Gasteiger partial charge in [-0.25, -0.2) is 9.78 Å². The average molecular weight is 497 g/mol. The Balaban J connectivity index is 1.74. The van der Waals surface area contributed by atoms with Gasteiger partial charge in [-0.05, 0) is 39.3 Å². The van der Waals surface area contributed by atoms with Crippen LogP contribution < -0.4 is 5.32 Å². The summed E-state index contributed by atoms with van der Waals surface area (Å²) >= 11 is 0. The second-order valence-corrected chi connectivity index (χ2v) is 9.52. The molecule has 0 spiro atoms. The molecule has 1 fully saturated rings. The first kappa shape index (κ1) is 26.7. The molecule has 1 aromatic heterocycles. The molecule has 0 aliphatic carbocycles. The standard InChI is InChI=1S/C26H32N4O6/c1-26(2,3)36-22(31)13-12-21(24(33)29-14-16-30(17-15-29)25(34)35)28-23(32)20-11-7-10-19(27-20)18-8-5-4-6-9-18/h4-11,21H,12-17H2,1-3H3,(H,28,32)(H,34,35)/t21-/m0/s1. The highest BCUT2D eigenvalue weighted by Gasteiger charge is 2.31. The first-order valence-corrected chi connectivity index (χ1v) is 11.9. The number of carbonyl (C=O) groups excluding carboxylic acids is 3. The lowest BCUT2D eigenvalue weighted by molar-refractivity contribution is -0.155. The largest absolute Gasteiger partial charge is 0.465 e. The Bertz CT molecular complexity index is 1090. The van der Waals surface area contributed by atoms with Crippen LogP contribution in [0.2, 0.25) is 0 Å². The molecule has 3 rings (SSSR count). The molecule has 3 amide bonds. The summed E-state index contributed by atoms with van der Waals surface area (Å²) in [6, 6.07) is 13.5. The lowest BCUT2D eigenvalue weighted by atomic mass is 10.1. The number of aromatic nitrogens is 1. The van der Waals surface area contributed by atoms with Crippen LogP contribution in [0.15, 0.2) is 48.5 Å². The molecule has 10 nitrogen and oxygen atoms in total. The maximum Gasteiger partial charge on any atom is 0.407 e. The van der Waals surface area contributed by atoms with Crippen LogP contribution in [0.5, 0.6) is 0 Å². The van der Waals surface area contributed by atoms with Gasteiger partial charge in [-0.2, -0.15) is 0 Å². The van der Waals surface area contributed by atoms with Crippen molar-refractivity contribution in [1.82, 2.24) is 20.1 Å². The normalized spacial score (nSPS) is 14.6. The number of hydrogen-bond donors (Lipinski definition) is 2. The van der Waals surface area contributed by atoms with E-state index in [-0.39, 0.29) is 50.6 Å². The number of nitrogens with zero attached hydrogens (tertiary/aromatic N) is 3. The van der Waals surface area contributed by atoms with Crippen molar-refractivity contribution in [2.45, 2.75) is 45.3 Å². The highest BCUT2D eigenvalue weighted by Crippen LogP contribution is 2.17. The Hall–Kier alpha value is -3.95. The Morgan fingerprint density at radius 1 is 0.972 bits per heavy atom. The van der Waals surface area contributed by atoms with Crippen molar-refractivity contribution in [2.75, 3.05) is 26.2 Å². The third-order valence-electron chi connectivity index (χ3n) is 5.57. The minimum absolute atomic E-state index is 0.0387. The van der Waals surface area contributed by atoms with Gasteiger partial charge in [0, 0.05) is 38.2 Å². The number of rotatable bonds is 7. The fourth-order valence-corrected chi connectivity index (χ4v) is 3.81. The van der Waals surface area contributed by atoms with Gasteiger partial charge in [0.25, 0.3) is 5.91 Å². The summed E-state index contributed by atoms with van der Waals surface area (Å²) in [5, 5.41) is 11.9. The minimum Gasteiger partial charge on any atom is -0.465 e. The zero-order chi connectivity index (χ0) is 26.3. The third kappa shape index (κ3) is 7.53. The van der Waals surface area contributed by atoms with E-state index in [4.69, 9.17) is 9.84 Å². The molecule has 0 radical (unpaired) electrons. The van der Waals surface area contributed by atoms with Crippen LogP contribution in [-0.4, -0.2) is 81.6 Å². The van der Waals surface area contributed by atoms with Crippen LogP contribution in [0.25, 0.3) is 11.3 Å². The topological polar surface area (TPSA) is 129 Å². The van der Waals surface area contributed by atoms with E-state index in [1.807, 2.05) is 30.3 Å². The van der Waals surface area contributed by atoms with Gasteiger partial charge < -0.3 is 25.0 Å². The maximum atomic E-state index is 13.3. The Morgan fingerprint density at radius 2 is 1.61 bits per heavy atom. The Kier molecular flexibility index (Phi) is 8.63. The van der Waals surface area contributed by atoms with Crippen molar-refractivity contribution in [3.8, 4) is 11.3 Å². The van der Waals surface area contributed by atoms with Gasteiger partial charge in [0.1, 0.15) is 17.3 Å². The van der Waals surface area contributed by atoms with Crippen molar-refractivity contribution in [3.05, 3.63) is 54.2 Å². The monoisotopic (exact) mass is 496 g/mol. The second kappa shape index (κ2) is 11.7. The minimum atomic E-state index is -1.04. The van der Waals surface area contributed by atoms with E-state index < -0.39 is 29.6 Å². The molecule has 1 aromatic carbocycles. The van der Waals surface area contributed by atoms with Gasteiger partial charge in [-0.1, -0.05) is 36.4 Å². The number of benzene rings is 1. The van der Waals surface area contributed by atoms with Crippen molar-refractivity contribution in [3.63, 3.8) is 0 Å². The number of esters is 1. The third-order valence-corrected chi connectivity index (χ3v) is 5.57. The summed E-state index contributed by atoms with van der Waals surface area (Å²) in [5.41, 5.74) is 0.933. The first-order valence-electron chi connectivity index (χ1n) is 11.9. The van der Waals surface area contributed by atoms with E-state index in [2.05, 4.69) is 10.3 Å². The molecule has 0 saturated carbocycles. The number of carbonyl (C=O) groups is 4. The number of carboxylic acid groups (broad SMARTS) is 1. The molecular weight excluding hydrogens is 464 g/mol. The number of piperazine rings is 1. The summed E-state index contributed by atoms with van der Waals surface area (Å²) in [6.07, 6.45) is -1.07. The number of amides is 3. The van der Waals surface area contributed by atoms with Crippen LogP contribution in [-0.2, 0) is 14.3 Å². The summed E-state index contributed by atoms with van der Waals surface area (Å²) in [4.78, 5) is 57.1. The molecule has 1 atom stereocenters. The van der Waals surface area contributed by atoms with Gasteiger partial charge in [-0.15, -0.1) is 0 Å². The van der Waals surface area contributed by atoms with Crippen LogP contribution in [0.3, 0.4) is 0 Å². The molecule has 2 N–H and O–H groups in total. The molecule has 36 heavy (non-hydrogen) atoms. The molecule has 2 heterocycles. The fourth-order valence-electron chi connectivity index (χ4n) is 3.81. The van der Waals surface area contributed by atoms with Gasteiger partial charge in [0.2, 0.25) is 5.91 Å². The van der Waals surface area contributed by atoms with Crippen LogP contribution in [0.4, 0.5) is 4.79 Å². The van der Waals surface area contributed by atoms with Crippen LogP contribution >= 0.6 is 0 Å². The highest BCUT2D eigenvalue weighted by atomic mass is 16.6. The molecule has 2 aromatic rings. The van der Waals surface area contributed by atoms with E-state index in [1.54, 1.807) is 39.0 Å². The predicted octanol–water partition coefficient (Wildman–Crippen LogP) is 2.79. The van der Waals surface area contributed by atoms with Crippen molar-refractivity contribution < 1.29 is 29.0 Å². The lowest BCUT2D eigenvalue weighted by Gasteiger charge is -2.35. The van der Waals surface area contributed by atoms with Crippen molar-refractivity contribution >= 4 is 23.9 Å². The smallest absolute Gasteiger partial charge is 0.407 e. The van der Waals surface area contributed by atoms with E-state index in [1.165, 1.54) is 9.80 Å². The van der Waals surface area contributed by atoms with E-state index in [9.17, 15) is 19.2 Å². The number of pyridine rings is 1. The summed E-state index contributed by atoms with van der Waals surface area (Å²) in [6.45, 7) is 6.01. The molecule has 0 bridgehead atoms. The molecule has 0 unspecified atom stereocenters. The Labute approximate surface area is 210 Å². The van der Waals surface area contributed by atoms with Crippen molar-refractivity contribution in [2.24, 2.45) is 0 Å². The number of hydrogen-bond acceptors (Lipinski definition) is 6. The SMILES string of the molecule is CC(C)(C)OC(=O)CC[C@H](NC(=O)c1cccc(-c2ccccc2)n1)C(=O)N1CCN(C(=O)O)CC1. The predicted molar refractivity (Wildman–Crippen MR) is 132 cm³/mol. The van der Waals surface area contributed by atoms with Gasteiger partial charge in [0.15, 0.2) is 0 Å². The van der Waals surface area contributed by atoms with Gasteiger partial charge in [-0.3, -0.25) is 14.4 Å². The average Bonchev–Trinajstić information content (AvgIpc) is 2.85. The highest BCUT2D eigenvalue weighted by molar-refractivity contribution is 5.96. The quantitative estimate of drug-likeness (QED) is 0.564. The molecular formula is C26H32N4O6. The Morgan fingerprint density at radius 3 is 2.22 bits per heavy atom. The number of ether oxygens (including phenoxy) is 1. The zero-order valence-corrected chi connectivity index (χ0v) is 20.8. The second-order valence-electron chi connectivity index (χ2n) is 9.52. The van der Waals surface area contributed by atoms with Crippen molar-refractivity contribution in [1.29, 1.82) is 0 Å². The molecule has 10 heteroatoms. The summed E-state index contributed by atoms with van der Waals surface area (Å²) in [5.74, 6) is -1.40. The summed E-state index contributed by atoms with van der Waals surface area (Å²) in [7, 11) is 0. The zero-order valence-electron chi connectivity index (χ0n) is 20.8. The van der Waals surface area contributed by atoms with Gasteiger partial charge >= 0.3 is 12.1 Å². The lowest BCUT2D eigenvalue weighted by Crippen LogP contribution is -2.55. The first-order chi connectivity index (χ1) is 17.0. The summed E-state index contributed by atoms with van der Waals surface area (Å²) < 4.78 is 5.35. The molecule has 1 aliphatic heterocycles. The maximum absolute atomic E-state index is 13.3. The van der Waals surface area contributed by atoms with Crippen LogP contribution in [0, 0.1) is 0 Å². The number of nitrogens with one attached hydrogen (secondary N) is 1. The molecule has 1 aliphatic rings. The fraction of sp³-hybridized carbons (Fsp3) is 0.423. The molecule has 1 saturated heterocycles. The molecule has 192 valence electrons. The van der Waals surface area contributed by atoms with Gasteiger partial charge in [0.05, 0.1) is 5.69 Å². The van der Waals surface area contributed by atoms with E-state index >= 15 is 0 Å².